The van der Waals surface area contributed by atoms with Gasteiger partial charge in [-0.25, -0.2) is 0 Å². The molecule has 0 saturated heterocycles. The summed E-state index contributed by atoms with van der Waals surface area (Å²) in [6, 6.07) is 0. The number of rotatable bonds is 10. The van der Waals surface area contributed by atoms with Crippen LogP contribution in [-0.4, -0.2) is 0 Å². The van der Waals surface area contributed by atoms with Crippen LogP contribution in [0.2, 0.25) is 0 Å². The summed E-state index contributed by atoms with van der Waals surface area (Å²) in [6.45, 7) is 29.2. The predicted molar refractivity (Wildman–Crippen MR) is 138 cm³/mol. The normalized spacial score (nSPS) is 15.7. The molecule has 1 aliphatic carbocycles. The second-order valence-corrected chi connectivity index (χ2v) is 10.3. The first-order valence-corrected chi connectivity index (χ1v) is 11.6. The maximum Gasteiger partial charge on any atom is 0.0207 e. The summed E-state index contributed by atoms with van der Waals surface area (Å²) in [6.07, 6.45) is 14.8. The largest absolute Gasteiger partial charge is 0.0952 e. The molecule has 0 radical (unpaired) electrons. The smallest absolute Gasteiger partial charge is 0.0207 e. The Hall–Kier alpha value is -1.82. The van der Waals surface area contributed by atoms with Crippen molar-refractivity contribution in [2.75, 3.05) is 0 Å². The molecule has 0 fully saturated rings. The van der Waals surface area contributed by atoms with E-state index in [1.165, 1.54) is 51.0 Å². The fraction of sp³-hybridized carbons (Fsp3) is 0.533. The van der Waals surface area contributed by atoms with E-state index in [1.807, 2.05) is 0 Å². The lowest BCUT2D eigenvalue weighted by Gasteiger charge is -2.39. The van der Waals surface area contributed by atoms with E-state index in [-0.39, 0.29) is 5.41 Å². The van der Waals surface area contributed by atoms with Gasteiger partial charge in [0, 0.05) is 5.41 Å². The van der Waals surface area contributed by atoms with Gasteiger partial charge in [-0.1, -0.05) is 68.0 Å². The molecule has 0 saturated carbocycles. The van der Waals surface area contributed by atoms with Gasteiger partial charge >= 0.3 is 0 Å². The summed E-state index contributed by atoms with van der Waals surface area (Å²) < 4.78 is 0. The molecule has 0 bridgehead atoms. The van der Waals surface area contributed by atoms with E-state index in [0.29, 0.717) is 5.92 Å². The molecule has 0 aromatic carbocycles. The average molecular weight is 407 g/mol. The standard InChI is InChI=1S/C30H46/c1-21(2)12-14-25(9)29-26(10)28(15-13-22(3)4)20-30(27(29)11,18-16-23(5)6)19-17-24(7)8/h13,16-17,20-21H,9,11-12,14-15,18-19H2,1-8,10H3. The summed E-state index contributed by atoms with van der Waals surface area (Å²) in [7, 11) is 0. The monoisotopic (exact) mass is 406 g/mol. The van der Waals surface area contributed by atoms with Gasteiger partial charge in [-0.2, -0.15) is 0 Å². The summed E-state index contributed by atoms with van der Waals surface area (Å²) >= 11 is 0. The van der Waals surface area contributed by atoms with Crippen molar-refractivity contribution < 1.29 is 0 Å². The highest BCUT2D eigenvalue weighted by atomic mass is 14.4. The van der Waals surface area contributed by atoms with Crippen LogP contribution in [0.5, 0.6) is 0 Å². The molecule has 166 valence electrons. The topological polar surface area (TPSA) is 0 Å². The molecule has 0 heterocycles. The van der Waals surface area contributed by atoms with Crippen molar-refractivity contribution >= 4 is 0 Å². The lowest BCUT2D eigenvalue weighted by molar-refractivity contribution is 0.467. The van der Waals surface area contributed by atoms with Crippen LogP contribution in [0.3, 0.4) is 0 Å². The fourth-order valence-corrected chi connectivity index (χ4v) is 3.98. The Balaban J connectivity index is 3.60. The molecule has 0 aromatic rings. The van der Waals surface area contributed by atoms with Crippen LogP contribution in [0.4, 0.5) is 0 Å². The summed E-state index contributed by atoms with van der Waals surface area (Å²) in [5, 5.41) is 0. The molecule has 1 aliphatic rings. The molecule has 0 unspecified atom stereocenters. The maximum absolute atomic E-state index is 4.70. The van der Waals surface area contributed by atoms with Crippen LogP contribution in [0.1, 0.15) is 94.4 Å². The van der Waals surface area contributed by atoms with E-state index in [2.05, 4.69) is 93.2 Å². The highest BCUT2D eigenvalue weighted by molar-refractivity contribution is 5.61. The molecule has 0 aliphatic heterocycles. The Morgan fingerprint density at radius 3 is 1.87 bits per heavy atom. The van der Waals surface area contributed by atoms with Gasteiger partial charge in [-0.05, 0) is 114 Å². The molecular formula is C30H46. The van der Waals surface area contributed by atoms with Crippen LogP contribution < -0.4 is 0 Å². The molecule has 30 heavy (non-hydrogen) atoms. The zero-order valence-corrected chi connectivity index (χ0v) is 21.3. The average Bonchev–Trinajstić information content (AvgIpc) is 2.64. The van der Waals surface area contributed by atoms with Crippen molar-refractivity contribution in [3.63, 3.8) is 0 Å². The molecule has 0 nitrogen and oxygen atoms in total. The van der Waals surface area contributed by atoms with E-state index >= 15 is 0 Å². The molecule has 0 aromatic heterocycles. The van der Waals surface area contributed by atoms with Crippen LogP contribution >= 0.6 is 0 Å². The van der Waals surface area contributed by atoms with Gasteiger partial charge < -0.3 is 0 Å². The molecule has 0 N–H and O–H groups in total. The Bertz CT molecular complexity index is 767. The fourth-order valence-electron chi connectivity index (χ4n) is 3.98. The van der Waals surface area contributed by atoms with Crippen LogP contribution in [0, 0.1) is 11.3 Å². The third-order valence-electron chi connectivity index (χ3n) is 6.07. The highest BCUT2D eigenvalue weighted by Crippen LogP contribution is 2.50. The summed E-state index contributed by atoms with van der Waals surface area (Å²) in [5.41, 5.74) is 10.7. The number of hydrogen-bond acceptors (Lipinski definition) is 0. The lowest BCUT2D eigenvalue weighted by Crippen LogP contribution is -2.26. The van der Waals surface area contributed by atoms with E-state index < -0.39 is 0 Å². The molecule has 0 amide bonds. The van der Waals surface area contributed by atoms with Gasteiger partial charge in [0.25, 0.3) is 0 Å². The highest BCUT2D eigenvalue weighted by Gasteiger charge is 2.36. The maximum atomic E-state index is 4.70. The van der Waals surface area contributed by atoms with Crippen molar-refractivity contribution in [3.05, 3.63) is 82.0 Å². The molecular weight excluding hydrogens is 360 g/mol. The van der Waals surface area contributed by atoms with Gasteiger partial charge in [-0.15, -0.1) is 0 Å². The number of allylic oxidation sites excluding steroid dienone is 12. The van der Waals surface area contributed by atoms with Gasteiger partial charge in [0.05, 0.1) is 0 Å². The first-order chi connectivity index (χ1) is 13.9. The summed E-state index contributed by atoms with van der Waals surface area (Å²) in [4.78, 5) is 0. The second-order valence-electron chi connectivity index (χ2n) is 10.3. The third kappa shape index (κ3) is 7.46. The molecule has 0 spiro atoms. The quantitative estimate of drug-likeness (QED) is 0.317. The molecule has 0 atom stereocenters. The first-order valence-electron chi connectivity index (χ1n) is 11.6. The van der Waals surface area contributed by atoms with Crippen molar-refractivity contribution in [3.8, 4) is 0 Å². The SMILES string of the molecule is C=C(CCC(C)C)C1=C(C)C(CC=C(C)C)=CC(CC=C(C)C)(CC=C(C)C)C1=C. The van der Waals surface area contributed by atoms with Gasteiger partial charge in [0.1, 0.15) is 0 Å². The van der Waals surface area contributed by atoms with Crippen LogP contribution in [0.15, 0.2) is 82.0 Å². The Labute approximate surface area is 187 Å². The van der Waals surface area contributed by atoms with Crippen molar-refractivity contribution in [1.29, 1.82) is 0 Å². The minimum Gasteiger partial charge on any atom is -0.0952 e. The van der Waals surface area contributed by atoms with E-state index in [0.717, 1.165) is 25.7 Å². The van der Waals surface area contributed by atoms with E-state index in [1.54, 1.807) is 0 Å². The molecule has 1 rings (SSSR count). The predicted octanol–water partition coefficient (Wildman–Crippen LogP) is 9.85. The first kappa shape index (κ1) is 26.2. The van der Waals surface area contributed by atoms with Crippen molar-refractivity contribution in [2.45, 2.75) is 94.4 Å². The van der Waals surface area contributed by atoms with Gasteiger partial charge in [0.15, 0.2) is 0 Å². The van der Waals surface area contributed by atoms with Crippen LogP contribution in [-0.2, 0) is 0 Å². The third-order valence-corrected chi connectivity index (χ3v) is 6.07. The number of hydrogen-bond donors (Lipinski definition) is 0. The second kappa shape index (κ2) is 11.5. The zero-order chi connectivity index (χ0) is 23.1. The lowest BCUT2D eigenvalue weighted by atomic mass is 9.64. The Morgan fingerprint density at radius 2 is 1.43 bits per heavy atom. The van der Waals surface area contributed by atoms with Gasteiger partial charge in [0.2, 0.25) is 0 Å². The van der Waals surface area contributed by atoms with Crippen molar-refractivity contribution in [2.24, 2.45) is 11.3 Å². The van der Waals surface area contributed by atoms with Gasteiger partial charge in [-0.3, -0.25) is 0 Å². The van der Waals surface area contributed by atoms with Crippen molar-refractivity contribution in [1.82, 2.24) is 0 Å². The molecule has 0 heteroatoms. The zero-order valence-electron chi connectivity index (χ0n) is 21.3. The van der Waals surface area contributed by atoms with E-state index in [4.69, 9.17) is 6.58 Å². The minimum atomic E-state index is -0.0744. The Kier molecular flexibility index (Phi) is 10.1. The van der Waals surface area contributed by atoms with Crippen LogP contribution in [0.25, 0.3) is 0 Å². The van der Waals surface area contributed by atoms with E-state index in [9.17, 15) is 0 Å². The Morgan fingerprint density at radius 1 is 0.933 bits per heavy atom. The minimum absolute atomic E-state index is 0.0744. The summed E-state index contributed by atoms with van der Waals surface area (Å²) in [5.74, 6) is 0.682.